The molecule has 1 heterocycles. The number of hydrogen-bond donors (Lipinski definition) is 0. The van der Waals surface area contributed by atoms with Crippen LogP contribution in [0, 0.1) is 12.3 Å². The molecule has 18 heavy (non-hydrogen) atoms. The highest BCUT2D eigenvalue weighted by Crippen LogP contribution is 2.35. The topological polar surface area (TPSA) is 34.9 Å². The summed E-state index contributed by atoms with van der Waals surface area (Å²) in [6.45, 7) is 6.29. The molecule has 0 N–H and O–H groups in total. The van der Waals surface area contributed by atoms with E-state index in [0.29, 0.717) is 6.42 Å². The first kappa shape index (κ1) is 13.5. The Morgan fingerprint density at radius 3 is 2.61 bits per heavy atom. The second-order valence-corrected chi connectivity index (χ2v) is 6.73. The first-order chi connectivity index (χ1) is 8.28. The maximum absolute atomic E-state index is 11.7. The van der Waals surface area contributed by atoms with Crippen molar-refractivity contribution < 1.29 is 4.79 Å². The van der Waals surface area contributed by atoms with Gasteiger partial charge in [0.25, 0.3) is 0 Å². The van der Waals surface area contributed by atoms with Gasteiger partial charge in [0.15, 0.2) is 5.78 Å². The molecule has 1 aromatic heterocycles. The van der Waals surface area contributed by atoms with Crippen LogP contribution in [0.3, 0.4) is 0 Å². The molecule has 0 aromatic carbocycles. The van der Waals surface area contributed by atoms with Gasteiger partial charge in [0.1, 0.15) is 0 Å². The highest BCUT2D eigenvalue weighted by atomic mass is 79.9. The van der Waals surface area contributed by atoms with Crippen LogP contribution in [0.1, 0.15) is 38.1 Å². The number of rotatable bonds is 2. The first-order valence-corrected chi connectivity index (χ1v) is 6.98. The molecule has 3 nitrogen and oxygen atoms in total. The number of ketones is 1. The van der Waals surface area contributed by atoms with E-state index in [0.717, 1.165) is 28.7 Å². The van der Waals surface area contributed by atoms with Crippen LogP contribution in [0.5, 0.6) is 0 Å². The minimum absolute atomic E-state index is 0.0846. The van der Waals surface area contributed by atoms with E-state index in [9.17, 15) is 4.79 Å². The molecule has 1 aliphatic rings. The maximum atomic E-state index is 11.7. The number of aromatic nitrogens is 2. The molecule has 0 unspecified atom stereocenters. The number of aryl methyl sites for hydroxylation is 2. The van der Waals surface area contributed by atoms with E-state index in [1.807, 2.05) is 24.7 Å². The van der Waals surface area contributed by atoms with E-state index < -0.39 is 0 Å². The SMILES string of the molecule is Cc1nn(C)c(CC2=CC(=O)CC(C)(C)C2)c1Br. The third-order valence-electron chi connectivity index (χ3n) is 3.38. The fourth-order valence-electron chi connectivity index (χ4n) is 2.68. The Morgan fingerprint density at radius 2 is 2.11 bits per heavy atom. The van der Waals surface area contributed by atoms with E-state index in [1.165, 1.54) is 5.57 Å². The van der Waals surface area contributed by atoms with Gasteiger partial charge < -0.3 is 0 Å². The molecular weight excluding hydrogens is 292 g/mol. The van der Waals surface area contributed by atoms with E-state index in [-0.39, 0.29) is 11.2 Å². The highest BCUT2D eigenvalue weighted by Gasteiger charge is 2.28. The van der Waals surface area contributed by atoms with E-state index >= 15 is 0 Å². The van der Waals surface area contributed by atoms with Gasteiger partial charge in [0.05, 0.1) is 15.9 Å². The minimum atomic E-state index is 0.0846. The summed E-state index contributed by atoms with van der Waals surface area (Å²) in [7, 11) is 1.95. The fraction of sp³-hybridized carbons (Fsp3) is 0.571. The molecule has 0 saturated carbocycles. The number of halogens is 1. The van der Waals surface area contributed by atoms with Crippen molar-refractivity contribution in [2.45, 2.75) is 40.0 Å². The summed E-state index contributed by atoms with van der Waals surface area (Å²) < 4.78 is 2.95. The van der Waals surface area contributed by atoms with Crippen molar-refractivity contribution in [3.05, 3.63) is 27.5 Å². The monoisotopic (exact) mass is 310 g/mol. The molecule has 0 saturated heterocycles. The van der Waals surface area contributed by atoms with Crippen LogP contribution in [0.15, 0.2) is 16.1 Å². The third-order valence-corrected chi connectivity index (χ3v) is 4.41. The van der Waals surface area contributed by atoms with Gasteiger partial charge in [-0.25, -0.2) is 0 Å². The Kier molecular flexibility index (Phi) is 3.49. The Morgan fingerprint density at radius 1 is 1.44 bits per heavy atom. The van der Waals surface area contributed by atoms with Gasteiger partial charge >= 0.3 is 0 Å². The number of hydrogen-bond acceptors (Lipinski definition) is 2. The number of carbonyl (C=O) groups is 1. The van der Waals surface area contributed by atoms with Crippen LogP contribution < -0.4 is 0 Å². The molecule has 1 aliphatic carbocycles. The molecule has 4 heteroatoms. The molecular formula is C14H19BrN2O. The predicted octanol–water partition coefficient (Wildman–Crippen LogP) is 3.35. The van der Waals surface area contributed by atoms with E-state index in [1.54, 1.807) is 0 Å². The Hall–Kier alpha value is -0.900. The maximum Gasteiger partial charge on any atom is 0.156 e. The number of allylic oxidation sites excluding steroid dienone is 2. The molecule has 0 radical (unpaired) electrons. The van der Waals surface area contributed by atoms with Crippen molar-refractivity contribution in [2.24, 2.45) is 12.5 Å². The summed E-state index contributed by atoms with van der Waals surface area (Å²) in [5.74, 6) is 0.247. The predicted molar refractivity (Wildman–Crippen MR) is 75.5 cm³/mol. The van der Waals surface area contributed by atoms with Crippen molar-refractivity contribution >= 4 is 21.7 Å². The number of carbonyl (C=O) groups excluding carboxylic acids is 1. The Labute approximate surface area is 116 Å². The van der Waals surface area contributed by atoms with Crippen LogP contribution in [0.4, 0.5) is 0 Å². The molecule has 0 bridgehead atoms. The largest absolute Gasteiger partial charge is 0.295 e. The zero-order chi connectivity index (χ0) is 13.5. The molecule has 0 fully saturated rings. The lowest BCUT2D eigenvalue weighted by Gasteiger charge is -2.28. The summed E-state index contributed by atoms with van der Waals surface area (Å²) in [4.78, 5) is 11.7. The standard InChI is InChI=1S/C14H19BrN2O/c1-9-13(15)12(17(4)16-9)6-10-5-11(18)8-14(2,3)7-10/h5H,6-8H2,1-4H3. The molecule has 98 valence electrons. The molecule has 0 atom stereocenters. The summed E-state index contributed by atoms with van der Waals surface area (Å²) in [6.07, 6.45) is 4.25. The van der Waals surface area contributed by atoms with Crippen molar-refractivity contribution in [3.63, 3.8) is 0 Å². The minimum Gasteiger partial charge on any atom is -0.295 e. The normalized spacial score (nSPS) is 18.9. The van der Waals surface area contributed by atoms with Gasteiger partial charge in [-0.15, -0.1) is 0 Å². The lowest BCUT2D eigenvalue weighted by atomic mass is 9.76. The average molecular weight is 311 g/mol. The van der Waals surface area contributed by atoms with Gasteiger partial charge in [-0.2, -0.15) is 5.10 Å². The van der Waals surface area contributed by atoms with Gasteiger partial charge in [0.2, 0.25) is 0 Å². The zero-order valence-corrected chi connectivity index (χ0v) is 13.0. The summed E-state index contributed by atoms with van der Waals surface area (Å²) in [5.41, 5.74) is 3.43. The van der Waals surface area contributed by atoms with Gasteiger partial charge in [0, 0.05) is 19.9 Å². The zero-order valence-electron chi connectivity index (χ0n) is 11.4. The van der Waals surface area contributed by atoms with Gasteiger partial charge in [-0.1, -0.05) is 19.4 Å². The van der Waals surface area contributed by atoms with E-state index in [4.69, 9.17) is 0 Å². The second-order valence-electron chi connectivity index (χ2n) is 5.93. The highest BCUT2D eigenvalue weighted by molar-refractivity contribution is 9.10. The molecule has 1 aromatic rings. The molecule has 0 amide bonds. The molecule has 0 spiro atoms. The second kappa shape index (κ2) is 4.65. The van der Waals surface area contributed by atoms with Gasteiger partial charge in [-0.05, 0) is 40.8 Å². The number of nitrogens with zero attached hydrogens (tertiary/aromatic N) is 2. The Bertz CT molecular complexity index is 526. The van der Waals surface area contributed by atoms with Crippen molar-refractivity contribution in [3.8, 4) is 0 Å². The smallest absolute Gasteiger partial charge is 0.156 e. The molecule has 2 rings (SSSR count). The average Bonchev–Trinajstić information content (AvgIpc) is 2.42. The third kappa shape index (κ3) is 2.74. The van der Waals surface area contributed by atoms with Crippen LogP contribution in [0.25, 0.3) is 0 Å². The van der Waals surface area contributed by atoms with Crippen LogP contribution in [0.2, 0.25) is 0 Å². The van der Waals surface area contributed by atoms with Crippen molar-refractivity contribution in [1.82, 2.24) is 9.78 Å². The Balaban J connectivity index is 2.26. The summed E-state index contributed by atoms with van der Waals surface area (Å²) >= 11 is 3.58. The van der Waals surface area contributed by atoms with Gasteiger partial charge in [-0.3, -0.25) is 9.48 Å². The van der Waals surface area contributed by atoms with E-state index in [2.05, 4.69) is 34.9 Å². The van der Waals surface area contributed by atoms with Crippen molar-refractivity contribution in [1.29, 1.82) is 0 Å². The lowest BCUT2D eigenvalue weighted by molar-refractivity contribution is -0.117. The first-order valence-electron chi connectivity index (χ1n) is 6.19. The summed E-state index contributed by atoms with van der Waals surface area (Å²) in [5, 5.41) is 4.39. The quantitative estimate of drug-likeness (QED) is 0.839. The summed E-state index contributed by atoms with van der Waals surface area (Å²) in [6, 6.07) is 0. The molecule has 0 aliphatic heterocycles. The van der Waals surface area contributed by atoms with Crippen LogP contribution >= 0.6 is 15.9 Å². The fourth-order valence-corrected chi connectivity index (χ4v) is 3.16. The van der Waals surface area contributed by atoms with Crippen LogP contribution in [-0.2, 0) is 18.3 Å². The van der Waals surface area contributed by atoms with Crippen molar-refractivity contribution in [2.75, 3.05) is 0 Å². The van der Waals surface area contributed by atoms with Crippen LogP contribution in [-0.4, -0.2) is 15.6 Å². The lowest BCUT2D eigenvalue weighted by Crippen LogP contribution is -2.22.